The van der Waals surface area contributed by atoms with E-state index in [1.807, 2.05) is 6.92 Å². The molecule has 0 aliphatic heterocycles. The van der Waals surface area contributed by atoms with Crippen LogP contribution in [0.2, 0.25) is 0 Å². The lowest BCUT2D eigenvalue weighted by atomic mass is 10.1. The Morgan fingerprint density at radius 3 is 2.40 bits per heavy atom. The molecular weight excluding hydrogens is 192 g/mol. The molecule has 0 aliphatic rings. The van der Waals surface area contributed by atoms with Gasteiger partial charge in [0, 0.05) is 0 Å². The summed E-state index contributed by atoms with van der Waals surface area (Å²) < 4.78 is 4.85. The van der Waals surface area contributed by atoms with Gasteiger partial charge in [-0.3, -0.25) is 0 Å². The molecule has 0 spiro atoms. The third-order valence-corrected chi connectivity index (χ3v) is 2.19. The Hall–Kier alpha value is -1.35. The van der Waals surface area contributed by atoms with Crippen LogP contribution in [-0.4, -0.2) is 17.7 Å². The molecule has 1 N–H and O–H groups in total. The summed E-state index contributed by atoms with van der Waals surface area (Å²) in [6, 6.07) is 6.85. The van der Waals surface area contributed by atoms with E-state index in [-0.39, 0.29) is 5.97 Å². The van der Waals surface area contributed by atoms with E-state index in [4.69, 9.17) is 4.74 Å². The van der Waals surface area contributed by atoms with Crippen molar-refractivity contribution in [3.8, 4) is 0 Å². The first kappa shape index (κ1) is 11.7. The van der Waals surface area contributed by atoms with Crippen LogP contribution in [-0.2, 0) is 4.74 Å². The molecule has 0 saturated carbocycles. The first-order chi connectivity index (χ1) is 7.19. The minimum Gasteiger partial charge on any atom is -0.462 e. The maximum Gasteiger partial charge on any atom is 0.338 e. The van der Waals surface area contributed by atoms with Crippen molar-refractivity contribution in [1.29, 1.82) is 0 Å². The van der Waals surface area contributed by atoms with Gasteiger partial charge < -0.3 is 9.84 Å². The Morgan fingerprint density at radius 2 is 1.93 bits per heavy atom. The number of carbonyl (C=O) groups is 1. The predicted molar refractivity (Wildman–Crippen MR) is 57.6 cm³/mol. The molecule has 0 heterocycles. The lowest BCUT2D eigenvalue weighted by Gasteiger charge is -2.08. The molecule has 0 radical (unpaired) electrons. The maximum absolute atomic E-state index is 11.3. The summed E-state index contributed by atoms with van der Waals surface area (Å²) in [5.74, 6) is -0.324. The summed E-state index contributed by atoms with van der Waals surface area (Å²) in [6.07, 6.45) is 0.208. The van der Waals surface area contributed by atoms with Crippen molar-refractivity contribution >= 4 is 5.97 Å². The number of rotatable bonds is 4. The fourth-order valence-corrected chi connectivity index (χ4v) is 1.29. The average Bonchev–Trinajstić information content (AvgIpc) is 2.28. The average molecular weight is 208 g/mol. The number of esters is 1. The van der Waals surface area contributed by atoms with Gasteiger partial charge in [-0.1, -0.05) is 19.1 Å². The van der Waals surface area contributed by atoms with E-state index in [1.165, 1.54) is 0 Å². The van der Waals surface area contributed by atoms with E-state index in [0.717, 1.165) is 5.56 Å². The van der Waals surface area contributed by atoms with E-state index in [2.05, 4.69) is 0 Å². The van der Waals surface area contributed by atoms with E-state index >= 15 is 0 Å². The van der Waals surface area contributed by atoms with Crippen LogP contribution in [0.5, 0.6) is 0 Å². The zero-order valence-electron chi connectivity index (χ0n) is 9.06. The molecule has 0 saturated heterocycles. The number of aliphatic hydroxyl groups excluding tert-OH is 1. The van der Waals surface area contributed by atoms with Crippen molar-refractivity contribution in [2.75, 3.05) is 6.61 Å². The van der Waals surface area contributed by atoms with Crippen LogP contribution < -0.4 is 0 Å². The first-order valence-corrected chi connectivity index (χ1v) is 5.14. The molecular formula is C12H16O3. The Morgan fingerprint density at radius 1 is 1.33 bits per heavy atom. The molecule has 0 unspecified atom stereocenters. The van der Waals surface area contributed by atoms with Gasteiger partial charge >= 0.3 is 5.97 Å². The lowest BCUT2D eigenvalue weighted by Crippen LogP contribution is -2.05. The Labute approximate surface area is 89.7 Å². The van der Waals surface area contributed by atoms with E-state index in [0.29, 0.717) is 18.6 Å². The summed E-state index contributed by atoms with van der Waals surface area (Å²) in [7, 11) is 0. The molecule has 15 heavy (non-hydrogen) atoms. The van der Waals surface area contributed by atoms with Crippen molar-refractivity contribution in [1.82, 2.24) is 0 Å². The Kier molecular flexibility index (Phi) is 4.31. The van der Waals surface area contributed by atoms with Crippen molar-refractivity contribution in [3.63, 3.8) is 0 Å². The van der Waals surface area contributed by atoms with Crippen molar-refractivity contribution in [2.24, 2.45) is 0 Å². The van der Waals surface area contributed by atoms with Gasteiger partial charge in [-0.2, -0.15) is 0 Å². The highest BCUT2D eigenvalue weighted by atomic mass is 16.5. The number of aliphatic hydroxyl groups is 1. The van der Waals surface area contributed by atoms with Crippen LogP contribution in [0.15, 0.2) is 24.3 Å². The van der Waals surface area contributed by atoms with Crippen molar-refractivity contribution in [2.45, 2.75) is 26.4 Å². The van der Waals surface area contributed by atoms with Crippen LogP contribution in [0.25, 0.3) is 0 Å². The molecule has 0 amide bonds. The third-order valence-electron chi connectivity index (χ3n) is 2.19. The van der Waals surface area contributed by atoms with E-state index in [1.54, 1.807) is 31.2 Å². The molecule has 3 nitrogen and oxygen atoms in total. The fraction of sp³-hybridized carbons (Fsp3) is 0.417. The fourth-order valence-electron chi connectivity index (χ4n) is 1.29. The van der Waals surface area contributed by atoms with Gasteiger partial charge in [0.15, 0.2) is 0 Å². The first-order valence-electron chi connectivity index (χ1n) is 5.14. The summed E-state index contributed by atoms with van der Waals surface area (Å²) in [5.41, 5.74) is 1.34. The maximum atomic E-state index is 11.3. The van der Waals surface area contributed by atoms with Crippen LogP contribution >= 0.6 is 0 Å². The number of hydrogen-bond acceptors (Lipinski definition) is 3. The third kappa shape index (κ3) is 3.06. The monoisotopic (exact) mass is 208 g/mol. The van der Waals surface area contributed by atoms with Crippen molar-refractivity contribution in [3.05, 3.63) is 35.4 Å². The summed E-state index contributed by atoms with van der Waals surface area (Å²) in [5, 5.41) is 9.55. The summed E-state index contributed by atoms with van der Waals surface area (Å²) >= 11 is 0. The number of benzene rings is 1. The molecule has 0 bridgehead atoms. The molecule has 82 valence electrons. The zero-order valence-corrected chi connectivity index (χ0v) is 9.06. The SMILES string of the molecule is CCOC(=O)c1ccc([C@H](O)CC)cc1. The topological polar surface area (TPSA) is 46.5 Å². The van der Waals surface area contributed by atoms with Crippen LogP contribution in [0.4, 0.5) is 0 Å². The van der Waals surface area contributed by atoms with Gasteiger partial charge in [0.1, 0.15) is 0 Å². The smallest absolute Gasteiger partial charge is 0.338 e. The van der Waals surface area contributed by atoms with E-state index in [9.17, 15) is 9.90 Å². The van der Waals surface area contributed by atoms with Gasteiger partial charge in [-0.25, -0.2) is 4.79 Å². The lowest BCUT2D eigenvalue weighted by molar-refractivity contribution is 0.0526. The Balaban J connectivity index is 2.76. The number of hydrogen-bond donors (Lipinski definition) is 1. The van der Waals surface area contributed by atoms with Crippen LogP contribution in [0, 0.1) is 0 Å². The largest absolute Gasteiger partial charge is 0.462 e. The molecule has 0 aromatic heterocycles. The molecule has 1 aromatic rings. The molecule has 1 rings (SSSR count). The minimum absolute atomic E-state index is 0.324. The van der Waals surface area contributed by atoms with Gasteiger partial charge in [-0.05, 0) is 31.0 Å². The summed E-state index contributed by atoms with van der Waals surface area (Å²) in [6.45, 7) is 4.05. The van der Waals surface area contributed by atoms with Crippen LogP contribution in [0.1, 0.15) is 42.3 Å². The molecule has 1 aromatic carbocycles. The van der Waals surface area contributed by atoms with Gasteiger partial charge in [0.05, 0.1) is 18.3 Å². The highest BCUT2D eigenvalue weighted by Gasteiger charge is 2.08. The molecule has 1 atom stereocenters. The molecule has 0 aliphatic carbocycles. The predicted octanol–water partition coefficient (Wildman–Crippen LogP) is 2.31. The number of carbonyl (C=O) groups excluding carboxylic acids is 1. The van der Waals surface area contributed by atoms with Crippen LogP contribution in [0.3, 0.4) is 0 Å². The second-order valence-electron chi connectivity index (χ2n) is 3.27. The molecule has 0 fully saturated rings. The second kappa shape index (κ2) is 5.51. The van der Waals surface area contributed by atoms with Crippen molar-refractivity contribution < 1.29 is 14.6 Å². The summed E-state index contributed by atoms with van der Waals surface area (Å²) in [4.78, 5) is 11.3. The number of ether oxygens (including phenoxy) is 1. The standard InChI is InChI=1S/C12H16O3/c1-3-11(13)9-5-7-10(8-6-9)12(14)15-4-2/h5-8,11,13H,3-4H2,1-2H3/t11-/m1/s1. The second-order valence-corrected chi connectivity index (χ2v) is 3.27. The highest BCUT2D eigenvalue weighted by molar-refractivity contribution is 5.89. The van der Waals surface area contributed by atoms with Gasteiger partial charge in [0.2, 0.25) is 0 Å². The highest BCUT2D eigenvalue weighted by Crippen LogP contribution is 2.16. The quantitative estimate of drug-likeness (QED) is 0.772. The zero-order chi connectivity index (χ0) is 11.3. The normalized spacial score (nSPS) is 12.2. The van der Waals surface area contributed by atoms with Gasteiger partial charge in [-0.15, -0.1) is 0 Å². The molecule has 3 heteroatoms. The minimum atomic E-state index is -0.457. The Bertz CT molecular complexity index is 316. The van der Waals surface area contributed by atoms with E-state index < -0.39 is 6.10 Å². The van der Waals surface area contributed by atoms with Gasteiger partial charge in [0.25, 0.3) is 0 Å².